The van der Waals surface area contributed by atoms with Crippen LogP contribution < -0.4 is 10.1 Å². The van der Waals surface area contributed by atoms with Crippen molar-refractivity contribution in [3.63, 3.8) is 0 Å². The van der Waals surface area contributed by atoms with Crippen LogP contribution in [0.2, 0.25) is 0 Å². The molecule has 146 valence electrons. The molecule has 2 aromatic heterocycles. The molecule has 0 aliphatic carbocycles. The fourth-order valence-corrected chi connectivity index (χ4v) is 2.83. The molecule has 4 aromatic rings. The zero-order chi connectivity index (χ0) is 20.4. The van der Waals surface area contributed by atoms with E-state index in [0.29, 0.717) is 22.2 Å². The summed E-state index contributed by atoms with van der Waals surface area (Å²) >= 11 is 0. The van der Waals surface area contributed by atoms with Gasteiger partial charge in [-0.2, -0.15) is 5.10 Å². The smallest absolute Gasteiger partial charge is 0.291 e. The number of carbonyl (C=O) groups is 1. The highest BCUT2D eigenvalue weighted by Gasteiger charge is 2.14. The summed E-state index contributed by atoms with van der Waals surface area (Å²) in [6, 6.07) is 10.2. The molecule has 0 unspecified atom stereocenters. The summed E-state index contributed by atoms with van der Waals surface area (Å²) in [6.07, 6.45) is 4.78. The number of nitrogens with zero attached hydrogens (tertiary/aromatic N) is 1. The van der Waals surface area contributed by atoms with E-state index in [9.17, 15) is 13.6 Å². The molecule has 0 saturated carbocycles. The number of furan rings is 1. The summed E-state index contributed by atoms with van der Waals surface area (Å²) in [4.78, 5) is 12.1. The first-order valence-corrected chi connectivity index (χ1v) is 8.59. The molecule has 4 rings (SSSR count). The average Bonchev–Trinajstić information content (AvgIpc) is 3.38. The van der Waals surface area contributed by atoms with E-state index in [1.54, 1.807) is 30.4 Å². The summed E-state index contributed by atoms with van der Waals surface area (Å²) in [7, 11) is 1.39. The number of ether oxygens (including phenoxy) is 1. The maximum atomic E-state index is 14.3. The lowest BCUT2D eigenvalue weighted by Gasteiger charge is -2.05. The number of benzene rings is 2. The van der Waals surface area contributed by atoms with E-state index < -0.39 is 17.5 Å². The second kappa shape index (κ2) is 7.59. The summed E-state index contributed by atoms with van der Waals surface area (Å²) in [5, 5.41) is 10.0. The van der Waals surface area contributed by atoms with Crippen molar-refractivity contribution < 1.29 is 22.7 Å². The summed E-state index contributed by atoms with van der Waals surface area (Å²) in [6.45, 7) is 0. The summed E-state index contributed by atoms with van der Waals surface area (Å²) < 4.78 is 37.9. The highest BCUT2D eigenvalue weighted by Crippen LogP contribution is 2.26. The van der Waals surface area contributed by atoms with Crippen molar-refractivity contribution in [1.29, 1.82) is 0 Å². The molecule has 0 aliphatic rings. The maximum Gasteiger partial charge on any atom is 0.291 e. The number of fused-ring (bicyclic) bond motifs is 1. The molecular formula is C21H15F2N3O3. The number of H-pyrrole nitrogens is 1. The Morgan fingerprint density at radius 1 is 1.17 bits per heavy atom. The first kappa shape index (κ1) is 18.4. The van der Waals surface area contributed by atoms with Crippen molar-refractivity contribution in [2.24, 2.45) is 0 Å². The fraction of sp³-hybridized carbons (Fsp3) is 0.0476. The van der Waals surface area contributed by atoms with Crippen LogP contribution in [0, 0.1) is 11.6 Å². The van der Waals surface area contributed by atoms with E-state index in [0.717, 1.165) is 0 Å². The van der Waals surface area contributed by atoms with Crippen LogP contribution in [-0.2, 0) is 0 Å². The molecule has 1 amide bonds. The highest BCUT2D eigenvalue weighted by atomic mass is 19.1. The van der Waals surface area contributed by atoms with E-state index in [1.165, 1.54) is 37.6 Å². The Bertz CT molecular complexity index is 1210. The molecule has 2 heterocycles. The number of nitrogens with one attached hydrogen (secondary N) is 2. The van der Waals surface area contributed by atoms with Gasteiger partial charge < -0.3 is 14.5 Å². The molecule has 29 heavy (non-hydrogen) atoms. The molecule has 8 heteroatoms. The second-order valence-corrected chi connectivity index (χ2v) is 6.15. The number of amides is 1. The number of halogens is 2. The molecule has 6 nitrogen and oxygen atoms in total. The minimum atomic E-state index is -0.611. The third-order valence-electron chi connectivity index (χ3n) is 4.28. The Balaban J connectivity index is 1.64. The summed E-state index contributed by atoms with van der Waals surface area (Å²) in [5.41, 5.74) is 1.69. The van der Waals surface area contributed by atoms with E-state index in [4.69, 9.17) is 9.15 Å². The van der Waals surface area contributed by atoms with Crippen LogP contribution in [0.25, 0.3) is 23.1 Å². The number of rotatable bonds is 5. The zero-order valence-electron chi connectivity index (χ0n) is 15.2. The predicted octanol–water partition coefficient (Wildman–Crippen LogP) is 4.87. The Kier molecular flexibility index (Phi) is 4.82. The summed E-state index contributed by atoms with van der Waals surface area (Å²) in [5.74, 6) is -1.43. The standard InChI is InChI=1S/C21H15F2N3O3/c1-28-20-9-12(4-6-14(20)22)5-7-16-13-10-18(15(23)11-17(13)26-25-16)24-21(27)19-3-2-8-29-19/h2-11H,1H3,(H,24,27)(H,25,26)/b7-5+. The Hall–Kier alpha value is -3.94. The number of aromatic nitrogens is 2. The van der Waals surface area contributed by atoms with Crippen LogP contribution in [-0.4, -0.2) is 23.2 Å². The molecular weight excluding hydrogens is 380 g/mol. The van der Waals surface area contributed by atoms with E-state index >= 15 is 0 Å². The number of aromatic amines is 1. The average molecular weight is 395 g/mol. The quantitative estimate of drug-likeness (QED) is 0.505. The molecule has 0 bridgehead atoms. The van der Waals surface area contributed by atoms with Crippen LogP contribution in [0.3, 0.4) is 0 Å². The van der Waals surface area contributed by atoms with Gasteiger partial charge in [0.05, 0.1) is 30.3 Å². The zero-order valence-corrected chi connectivity index (χ0v) is 15.2. The van der Waals surface area contributed by atoms with Gasteiger partial charge >= 0.3 is 0 Å². The van der Waals surface area contributed by atoms with Gasteiger partial charge in [0.1, 0.15) is 5.82 Å². The van der Waals surface area contributed by atoms with Crippen LogP contribution in [0.15, 0.2) is 53.1 Å². The number of carbonyl (C=O) groups excluding carboxylic acids is 1. The SMILES string of the molecule is COc1cc(/C=C/c2n[nH]c3cc(F)c(NC(=O)c4ccco4)cc23)ccc1F. The third-order valence-corrected chi connectivity index (χ3v) is 4.28. The van der Waals surface area contributed by atoms with Crippen LogP contribution in [0.4, 0.5) is 14.5 Å². The number of hydrogen-bond acceptors (Lipinski definition) is 4. The lowest BCUT2D eigenvalue weighted by Crippen LogP contribution is -2.12. The number of methoxy groups -OCH3 is 1. The topological polar surface area (TPSA) is 80.1 Å². The van der Waals surface area contributed by atoms with Gasteiger partial charge in [-0.05, 0) is 42.0 Å². The lowest BCUT2D eigenvalue weighted by atomic mass is 10.1. The second-order valence-electron chi connectivity index (χ2n) is 6.15. The van der Waals surface area contributed by atoms with Crippen molar-refractivity contribution in [3.8, 4) is 5.75 Å². The van der Waals surface area contributed by atoms with Crippen LogP contribution in [0.1, 0.15) is 21.8 Å². The Labute approximate surface area is 163 Å². The van der Waals surface area contributed by atoms with Crippen molar-refractivity contribution in [2.75, 3.05) is 12.4 Å². The molecule has 0 radical (unpaired) electrons. The van der Waals surface area contributed by atoms with Crippen molar-refractivity contribution in [1.82, 2.24) is 10.2 Å². The van der Waals surface area contributed by atoms with Gasteiger partial charge in [-0.1, -0.05) is 12.1 Å². The largest absolute Gasteiger partial charge is 0.494 e. The van der Waals surface area contributed by atoms with Gasteiger partial charge in [0.2, 0.25) is 0 Å². The first-order valence-electron chi connectivity index (χ1n) is 8.59. The van der Waals surface area contributed by atoms with Gasteiger partial charge in [0, 0.05) is 11.5 Å². The van der Waals surface area contributed by atoms with Gasteiger partial charge in [-0.3, -0.25) is 9.89 Å². The van der Waals surface area contributed by atoms with Gasteiger partial charge in [0.15, 0.2) is 17.3 Å². The van der Waals surface area contributed by atoms with Crippen LogP contribution >= 0.6 is 0 Å². The maximum absolute atomic E-state index is 14.3. The normalized spacial score (nSPS) is 11.3. The van der Waals surface area contributed by atoms with Gasteiger partial charge in [0.25, 0.3) is 5.91 Å². The van der Waals surface area contributed by atoms with E-state index in [1.807, 2.05) is 0 Å². The molecule has 0 saturated heterocycles. The van der Waals surface area contributed by atoms with E-state index in [-0.39, 0.29) is 17.2 Å². The monoisotopic (exact) mass is 395 g/mol. The predicted molar refractivity (Wildman–Crippen MR) is 105 cm³/mol. The molecule has 0 atom stereocenters. The third kappa shape index (κ3) is 3.73. The van der Waals surface area contributed by atoms with Gasteiger partial charge in [-0.25, -0.2) is 8.78 Å². The van der Waals surface area contributed by atoms with Crippen molar-refractivity contribution in [3.05, 3.63) is 77.4 Å². The molecule has 0 spiro atoms. The van der Waals surface area contributed by atoms with Crippen molar-refractivity contribution in [2.45, 2.75) is 0 Å². The number of hydrogen-bond donors (Lipinski definition) is 2. The molecule has 2 N–H and O–H groups in total. The molecule has 2 aromatic carbocycles. The van der Waals surface area contributed by atoms with Gasteiger partial charge in [-0.15, -0.1) is 0 Å². The molecule has 0 aliphatic heterocycles. The molecule has 0 fully saturated rings. The highest BCUT2D eigenvalue weighted by molar-refractivity contribution is 6.04. The van der Waals surface area contributed by atoms with Crippen molar-refractivity contribution >= 4 is 34.6 Å². The minimum Gasteiger partial charge on any atom is -0.494 e. The lowest BCUT2D eigenvalue weighted by molar-refractivity contribution is 0.0996. The van der Waals surface area contributed by atoms with Crippen LogP contribution in [0.5, 0.6) is 5.75 Å². The Morgan fingerprint density at radius 3 is 2.79 bits per heavy atom. The fourth-order valence-electron chi connectivity index (χ4n) is 2.83. The number of anilines is 1. The minimum absolute atomic E-state index is 0.00148. The van der Waals surface area contributed by atoms with E-state index in [2.05, 4.69) is 15.5 Å². The Morgan fingerprint density at radius 2 is 2.03 bits per heavy atom. The first-order chi connectivity index (χ1) is 14.0.